The minimum atomic E-state index is -0.489. The first-order valence-corrected chi connectivity index (χ1v) is 5.62. The van der Waals surface area contributed by atoms with Crippen LogP contribution in [0.15, 0.2) is 24.4 Å². The summed E-state index contributed by atoms with van der Waals surface area (Å²) < 4.78 is 1.65. The van der Waals surface area contributed by atoms with Gasteiger partial charge in [0.25, 0.3) is 0 Å². The second-order valence-corrected chi connectivity index (χ2v) is 4.17. The molecule has 0 radical (unpaired) electrons. The van der Waals surface area contributed by atoms with Crippen LogP contribution in [-0.2, 0) is 13.6 Å². The van der Waals surface area contributed by atoms with E-state index in [9.17, 15) is 4.79 Å². The van der Waals surface area contributed by atoms with Gasteiger partial charge in [0.1, 0.15) is 0 Å². The molecule has 94 valence electrons. The van der Waals surface area contributed by atoms with E-state index in [2.05, 4.69) is 15.6 Å². The molecule has 0 unspecified atom stereocenters. The first-order chi connectivity index (χ1) is 8.58. The number of aryl methyl sites for hydroxylation is 1. The molecule has 6 nitrogen and oxygen atoms in total. The maximum atomic E-state index is 11.1. The van der Waals surface area contributed by atoms with Crippen molar-refractivity contribution >= 4 is 23.2 Å². The number of hydrogen-bond donors (Lipinski definition) is 2. The van der Waals surface area contributed by atoms with Gasteiger partial charge in [0.05, 0.1) is 29.1 Å². The highest BCUT2D eigenvalue weighted by Crippen LogP contribution is 2.23. The van der Waals surface area contributed by atoms with Gasteiger partial charge in [-0.3, -0.25) is 9.48 Å². The topological polar surface area (TPSA) is 85.8 Å². The molecule has 0 aliphatic carbocycles. The number of anilines is 1. The van der Waals surface area contributed by atoms with Gasteiger partial charge in [0.2, 0.25) is 5.91 Å². The third kappa shape index (κ3) is 2.60. The predicted molar refractivity (Wildman–Crippen MR) is 68.3 cm³/mol. The fourth-order valence-corrected chi connectivity index (χ4v) is 1.66. The molecule has 1 heterocycles. The van der Waals surface area contributed by atoms with E-state index in [1.165, 1.54) is 0 Å². The predicted octanol–water partition coefficient (Wildman–Crippen LogP) is 1.18. The Morgan fingerprint density at radius 1 is 1.56 bits per heavy atom. The van der Waals surface area contributed by atoms with Crippen LogP contribution in [0.3, 0.4) is 0 Å². The van der Waals surface area contributed by atoms with E-state index in [4.69, 9.17) is 17.3 Å². The van der Waals surface area contributed by atoms with Crippen LogP contribution in [0.4, 0.5) is 5.69 Å². The number of halogens is 1. The smallest absolute Gasteiger partial charge is 0.248 e. The van der Waals surface area contributed by atoms with Gasteiger partial charge in [-0.25, -0.2) is 0 Å². The van der Waals surface area contributed by atoms with E-state index >= 15 is 0 Å². The van der Waals surface area contributed by atoms with Crippen LogP contribution in [0.5, 0.6) is 0 Å². The molecule has 1 amide bonds. The van der Waals surface area contributed by atoms with Crippen molar-refractivity contribution in [3.8, 4) is 0 Å². The lowest BCUT2D eigenvalue weighted by Crippen LogP contribution is -2.12. The van der Waals surface area contributed by atoms with Gasteiger partial charge in [-0.15, -0.1) is 5.10 Å². The summed E-state index contributed by atoms with van der Waals surface area (Å²) >= 11 is 6.03. The minimum Gasteiger partial charge on any atom is -0.378 e. The summed E-state index contributed by atoms with van der Waals surface area (Å²) in [6.45, 7) is 0.505. The quantitative estimate of drug-likeness (QED) is 0.869. The first-order valence-electron chi connectivity index (χ1n) is 5.24. The lowest BCUT2D eigenvalue weighted by molar-refractivity contribution is 0.100. The van der Waals surface area contributed by atoms with Crippen molar-refractivity contribution in [3.63, 3.8) is 0 Å². The lowest BCUT2D eigenvalue weighted by Gasteiger charge is -2.09. The average molecular weight is 266 g/mol. The number of benzene rings is 1. The molecule has 0 saturated carbocycles. The van der Waals surface area contributed by atoms with Gasteiger partial charge in [0, 0.05) is 12.6 Å². The fraction of sp³-hybridized carbons (Fsp3) is 0.182. The van der Waals surface area contributed by atoms with Crippen molar-refractivity contribution < 1.29 is 4.79 Å². The summed E-state index contributed by atoms with van der Waals surface area (Å²) in [5, 5.41) is 11.2. The van der Waals surface area contributed by atoms with Crippen molar-refractivity contribution in [2.75, 3.05) is 5.32 Å². The third-order valence-electron chi connectivity index (χ3n) is 2.52. The second kappa shape index (κ2) is 5.05. The first kappa shape index (κ1) is 12.4. The molecule has 18 heavy (non-hydrogen) atoms. The largest absolute Gasteiger partial charge is 0.378 e. The Labute approximate surface area is 109 Å². The Hall–Kier alpha value is -2.08. The Balaban J connectivity index is 2.16. The third-order valence-corrected chi connectivity index (χ3v) is 2.85. The van der Waals surface area contributed by atoms with Gasteiger partial charge in [-0.05, 0) is 18.2 Å². The Morgan fingerprint density at radius 3 is 2.94 bits per heavy atom. The van der Waals surface area contributed by atoms with Crippen LogP contribution >= 0.6 is 11.6 Å². The van der Waals surface area contributed by atoms with E-state index in [1.54, 1.807) is 36.1 Å². The van der Waals surface area contributed by atoms with E-state index in [-0.39, 0.29) is 0 Å². The number of nitrogens with one attached hydrogen (secondary N) is 1. The highest BCUT2D eigenvalue weighted by molar-refractivity contribution is 6.33. The number of hydrogen-bond acceptors (Lipinski definition) is 4. The SMILES string of the molecule is Cn1nncc1CNc1cc(C(N)=O)ccc1Cl. The van der Waals surface area contributed by atoms with E-state index in [0.717, 1.165) is 5.69 Å². The second-order valence-electron chi connectivity index (χ2n) is 3.76. The number of nitrogens with zero attached hydrogens (tertiary/aromatic N) is 3. The Kier molecular flexibility index (Phi) is 3.47. The van der Waals surface area contributed by atoms with Crippen molar-refractivity contribution in [1.29, 1.82) is 0 Å². The maximum Gasteiger partial charge on any atom is 0.248 e. The normalized spacial score (nSPS) is 10.3. The molecule has 2 rings (SSSR count). The highest BCUT2D eigenvalue weighted by atomic mass is 35.5. The average Bonchev–Trinajstić information content (AvgIpc) is 2.73. The van der Waals surface area contributed by atoms with Crippen molar-refractivity contribution in [2.45, 2.75) is 6.54 Å². The van der Waals surface area contributed by atoms with Crippen molar-refractivity contribution in [1.82, 2.24) is 15.0 Å². The number of aromatic nitrogens is 3. The molecule has 3 N–H and O–H groups in total. The van der Waals surface area contributed by atoms with Crippen LogP contribution in [0.25, 0.3) is 0 Å². The molecule has 0 fully saturated rings. The zero-order valence-corrected chi connectivity index (χ0v) is 10.5. The molecule has 7 heteroatoms. The monoisotopic (exact) mass is 265 g/mol. The number of nitrogens with two attached hydrogens (primary N) is 1. The van der Waals surface area contributed by atoms with Crippen molar-refractivity contribution in [3.05, 3.63) is 40.7 Å². The van der Waals surface area contributed by atoms with Crippen LogP contribution in [0, 0.1) is 0 Å². The van der Waals surface area contributed by atoms with E-state index in [1.807, 2.05) is 0 Å². The molecular formula is C11H12ClN5O. The molecular weight excluding hydrogens is 254 g/mol. The van der Waals surface area contributed by atoms with Crippen LogP contribution in [0.1, 0.15) is 16.1 Å². The molecule has 1 aromatic carbocycles. The molecule has 0 bridgehead atoms. The molecule has 1 aromatic heterocycles. The van der Waals surface area contributed by atoms with Gasteiger partial charge >= 0.3 is 0 Å². The summed E-state index contributed by atoms with van der Waals surface area (Å²) in [4.78, 5) is 11.1. The number of carbonyl (C=O) groups is 1. The highest BCUT2D eigenvalue weighted by Gasteiger charge is 2.06. The lowest BCUT2D eigenvalue weighted by atomic mass is 10.2. The summed E-state index contributed by atoms with van der Waals surface area (Å²) in [7, 11) is 1.80. The molecule has 0 aliphatic rings. The van der Waals surface area contributed by atoms with Gasteiger partial charge in [0.15, 0.2) is 0 Å². The van der Waals surface area contributed by atoms with E-state index < -0.39 is 5.91 Å². The number of primary amides is 1. The maximum absolute atomic E-state index is 11.1. The number of carbonyl (C=O) groups excluding carboxylic acids is 1. The molecule has 0 aliphatic heterocycles. The standard InChI is InChI=1S/C11H12ClN5O/c1-17-8(6-15-16-17)5-14-10-4-7(11(13)18)2-3-9(10)12/h2-4,6,14H,5H2,1H3,(H2,13,18). The molecule has 2 aromatic rings. The van der Waals surface area contributed by atoms with Crippen molar-refractivity contribution in [2.24, 2.45) is 12.8 Å². The van der Waals surface area contributed by atoms with Crippen LogP contribution in [-0.4, -0.2) is 20.9 Å². The fourth-order valence-electron chi connectivity index (χ4n) is 1.47. The number of amides is 1. The summed E-state index contributed by atoms with van der Waals surface area (Å²) in [6.07, 6.45) is 1.65. The summed E-state index contributed by atoms with van der Waals surface area (Å²) in [5.41, 5.74) is 7.17. The molecule has 0 atom stereocenters. The summed E-state index contributed by atoms with van der Waals surface area (Å²) in [5.74, 6) is -0.489. The van der Waals surface area contributed by atoms with Crippen LogP contribution in [0.2, 0.25) is 5.02 Å². The van der Waals surface area contributed by atoms with Crippen LogP contribution < -0.4 is 11.1 Å². The number of rotatable bonds is 4. The van der Waals surface area contributed by atoms with Gasteiger partial charge in [-0.2, -0.15) is 0 Å². The van der Waals surface area contributed by atoms with E-state index in [0.29, 0.717) is 22.8 Å². The summed E-state index contributed by atoms with van der Waals surface area (Å²) in [6, 6.07) is 4.83. The minimum absolute atomic E-state index is 0.407. The van der Waals surface area contributed by atoms with Gasteiger partial charge < -0.3 is 11.1 Å². The zero-order chi connectivity index (χ0) is 13.1. The van der Waals surface area contributed by atoms with Gasteiger partial charge in [-0.1, -0.05) is 16.8 Å². The Bertz CT molecular complexity index is 581. The molecule has 0 spiro atoms. The molecule has 0 saturated heterocycles. The zero-order valence-electron chi connectivity index (χ0n) is 9.72. The Morgan fingerprint density at radius 2 is 2.33 bits per heavy atom.